The van der Waals surface area contributed by atoms with Gasteiger partial charge in [0.25, 0.3) is 0 Å². The lowest BCUT2D eigenvalue weighted by atomic mass is 10.1. The van der Waals surface area contributed by atoms with Gasteiger partial charge in [0.05, 0.1) is 32.9 Å². The molecule has 3 aromatic rings. The zero-order chi connectivity index (χ0) is 23.4. The van der Waals surface area contributed by atoms with E-state index in [0.29, 0.717) is 55.7 Å². The topological polar surface area (TPSA) is 85.6 Å². The Morgan fingerprint density at radius 1 is 0.970 bits per heavy atom. The van der Waals surface area contributed by atoms with E-state index in [1.807, 2.05) is 17.0 Å². The number of piperazine rings is 1. The maximum Gasteiger partial charge on any atom is 0.227 e. The predicted molar refractivity (Wildman–Crippen MR) is 114 cm³/mol. The van der Waals surface area contributed by atoms with Crippen molar-refractivity contribution < 1.29 is 23.0 Å². The maximum absolute atomic E-state index is 13.6. The van der Waals surface area contributed by atoms with Gasteiger partial charge in [-0.25, -0.2) is 8.78 Å². The smallest absolute Gasteiger partial charge is 0.227 e. The maximum atomic E-state index is 13.6. The number of ether oxygens (including phenoxy) is 2. The van der Waals surface area contributed by atoms with Crippen LogP contribution in [-0.2, 0) is 17.8 Å². The molecule has 9 nitrogen and oxygen atoms in total. The Bertz CT molecular complexity index is 1130. The molecule has 0 N–H and O–H groups in total. The van der Waals surface area contributed by atoms with E-state index in [0.717, 1.165) is 17.7 Å². The fourth-order valence-corrected chi connectivity index (χ4v) is 3.75. The van der Waals surface area contributed by atoms with Crippen molar-refractivity contribution in [1.82, 2.24) is 30.0 Å². The Morgan fingerprint density at radius 3 is 2.42 bits per heavy atom. The zero-order valence-corrected chi connectivity index (χ0v) is 18.4. The van der Waals surface area contributed by atoms with Gasteiger partial charge in [-0.05, 0) is 40.3 Å². The fraction of sp³-hybridized carbons (Fsp3) is 0.364. The Labute approximate surface area is 189 Å². The molecule has 2 heterocycles. The van der Waals surface area contributed by atoms with Crippen LogP contribution in [0.1, 0.15) is 11.4 Å². The summed E-state index contributed by atoms with van der Waals surface area (Å²) >= 11 is 0. The van der Waals surface area contributed by atoms with Gasteiger partial charge in [0.1, 0.15) is 0 Å². The number of carbonyl (C=O) groups is 1. The van der Waals surface area contributed by atoms with Gasteiger partial charge in [0, 0.05) is 32.2 Å². The molecule has 1 saturated heterocycles. The third-order valence-corrected chi connectivity index (χ3v) is 5.58. The number of rotatable bonds is 7. The Morgan fingerprint density at radius 2 is 1.73 bits per heavy atom. The number of benzene rings is 2. The minimum atomic E-state index is -0.962. The molecule has 1 aliphatic rings. The number of aromatic nitrogens is 4. The van der Waals surface area contributed by atoms with Crippen molar-refractivity contribution in [1.29, 1.82) is 0 Å². The molecule has 0 unspecified atom stereocenters. The van der Waals surface area contributed by atoms with Crippen LogP contribution in [0.4, 0.5) is 8.78 Å². The first kappa shape index (κ1) is 22.6. The molecule has 0 radical (unpaired) electrons. The van der Waals surface area contributed by atoms with Crippen LogP contribution in [0, 0.1) is 11.6 Å². The highest BCUT2D eigenvalue weighted by atomic mass is 19.2. The Hall–Kier alpha value is -3.60. The first-order chi connectivity index (χ1) is 16.0. The van der Waals surface area contributed by atoms with Crippen LogP contribution in [-0.4, -0.2) is 76.3 Å². The van der Waals surface area contributed by atoms with Crippen molar-refractivity contribution in [2.45, 2.75) is 13.0 Å². The van der Waals surface area contributed by atoms with Crippen LogP contribution in [0.15, 0.2) is 36.4 Å². The summed E-state index contributed by atoms with van der Waals surface area (Å²) in [6, 6.07) is 8.97. The third-order valence-electron chi connectivity index (χ3n) is 5.58. The highest BCUT2D eigenvalue weighted by molar-refractivity contribution is 5.79. The summed E-state index contributed by atoms with van der Waals surface area (Å²) < 4.78 is 38.8. The molecule has 1 fully saturated rings. The van der Waals surface area contributed by atoms with Crippen molar-refractivity contribution in [3.63, 3.8) is 0 Å². The zero-order valence-electron chi connectivity index (χ0n) is 18.4. The number of amides is 1. The molecule has 2 aromatic carbocycles. The van der Waals surface area contributed by atoms with Gasteiger partial charge in [0.15, 0.2) is 29.0 Å². The van der Waals surface area contributed by atoms with Crippen LogP contribution in [0.25, 0.3) is 5.69 Å². The van der Waals surface area contributed by atoms with E-state index < -0.39 is 11.6 Å². The number of tetrazole rings is 1. The molecule has 0 bridgehead atoms. The lowest BCUT2D eigenvalue weighted by molar-refractivity contribution is -0.132. The van der Waals surface area contributed by atoms with Crippen LogP contribution >= 0.6 is 0 Å². The fourth-order valence-electron chi connectivity index (χ4n) is 3.75. The summed E-state index contributed by atoms with van der Waals surface area (Å²) in [5, 5.41) is 11.6. The Balaban J connectivity index is 1.34. The molecule has 33 heavy (non-hydrogen) atoms. The molecule has 1 aliphatic heterocycles. The van der Waals surface area contributed by atoms with Gasteiger partial charge >= 0.3 is 0 Å². The molecule has 0 spiro atoms. The molecule has 1 amide bonds. The minimum absolute atomic E-state index is 0.0356. The van der Waals surface area contributed by atoms with Crippen LogP contribution in [0.2, 0.25) is 0 Å². The lowest BCUT2D eigenvalue weighted by Gasteiger charge is -2.34. The molecular weight excluding hydrogens is 434 g/mol. The quantitative estimate of drug-likeness (QED) is 0.534. The molecule has 0 saturated carbocycles. The summed E-state index contributed by atoms with van der Waals surface area (Å²) in [4.78, 5) is 16.7. The second kappa shape index (κ2) is 9.90. The van der Waals surface area contributed by atoms with Crippen LogP contribution in [0.5, 0.6) is 11.5 Å². The highest BCUT2D eigenvalue weighted by Gasteiger charge is 2.23. The van der Waals surface area contributed by atoms with Gasteiger partial charge in [0.2, 0.25) is 5.91 Å². The van der Waals surface area contributed by atoms with Crippen LogP contribution in [0.3, 0.4) is 0 Å². The molecule has 0 aliphatic carbocycles. The largest absolute Gasteiger partial charge is 0.493 e. The van der Waals surface area contributed by atoms with Crippen molar-refractivity contribution in [2.24, 2.45) is 0 Å². The molecule has 0 atom stereocenters. The second-order valence-electron chi connectivity index (χ2n) is 7.63. The average molecular weight is 458 g/mol. The number of methoxy groups -OCH3 is 2. The van der Waals surface area contributed by atoms with E-state index in [4.69, 9.17) is 9.47 Å². The molecule has 1 aromatic heterocycles. The first-order valence-electron chi connectivity index (χ1n) is 10.4. The lowest BCUT2D eigenvalue weighted by Crippen LogP contribution is -2.49. The molecule has 174 valence electrons. The molecule has 11 heteroatoms. The summed E-state index contributed by atoms with van der Waals surface area (Å²) in [5.74, 6) is -0.142. The number of hydrogen-bond acceptors (Lipinski definition) is 7. The number of carbonyl (C=O) groups excluding carboxylic acids is 1. The Kier molecular flexibility index (Phi) is 6.78. The van der Waals surface area contributed by atoms with E-state index >= 15 is 0 Å². The third kappa shape index (κ3) is 5.08. The van der Waals surface area contributed by atoms with Gasteiger partial charge in [-0.3, -0.25) is 9.69 Å². The van der Waals surface area contributed by atoms with Gasteiger partial charge < -0.3 is 14.4 Å². The van der Waals surface area contributed by atoms with Gasteiger partial charge in [-0.1, -0.05) is 6.07 Å². The van der Waals surface area contributed by atoms with E-state index in [9.17, 15) is 13.6 Å². The molecule has 4 rings (SSSR count). The normalized spacial score (nSPS) is 14.4. The standard InChI is InChI=1S/C22H24F2N6O3/c1-32-19-6-3-15(11-20(19)33-2)12-22(31)29-9-7-28(8-10-29)14-21-25-26-27-30(21)16-4-5-17(23)18(24)13-16/h3-6,11,13H,7-10,12,14H2,1-2H3. The monoisotopic (exact) mass is 458 g/mol. The van der Waals surface area contributed by atoms with E-state index in [1.165, 1.54) is 10.7 Å². The SMILES string of the molecule is COc1ccc(CC(=O)N2CCN(Cc3nnnn3-c3ccc(F)c(F)c3)CC2)cc1OC. The number of nitrogens with zero attached hydrogens (tertiary/aromatic N) is 6. The summed E-state index contributed by atoms with van der Waals surface area (Å²) in [7, 11) is 3.13. The van der Waals surface area contributed by atoms with E-state index in [1.54, 1.807) is 20.3 Å². The van der Waals surface area contributed by atoms with E-state index in [2.05, 4.69) is 20.4 Å². The van der Waals surface area contributed by atoms with Gasteiger partial charge in [-0.2, -0.15) is 4.68 Å². The second-order valence-corrected chi connectivity index (χ2v) is 7.63. The first-order valence-corrected chi connectivity index (χ1v) is 10.4. The summed E-state index contributed by atoms with van der Waals surface area (Å²) in [6.07, 6.45) is 0.273. The number of hydrogen-bond donors (Lipinski definition) is 0. The molecular formula is C22H24F2N6O3. The number of halogens is 2. The van der Waals surface area contributed by atoms with E-state index in [-0.39, 0.29) is 12.3 Å². The summed E-state index contributed by atoms with van der Waals surface area (Å²) in [6.45, 7) is 2.84. The summed E-state index contributed by atoms with van der Waals surface area (Å²) in [5.41, 5.74) is 1.20. The van der Waals surface area contributed by atoms with Crippen molar-refractivity contribution in [2.75, 3.05) is 40.4 Å². The van der Waals surface area contributed by atoms with Crippen molar-refractivity contribution >= 4 is 5.91 Å². The minimum Gasteiger partial charge on any atom is -0.493 e. The average Bonchev–Trinajstić information content (AvgIpc) is 3.29. The van der Waals surface area contributed by atoms with Gasteiger partial charge in [-0.15, -0.1) is 5.10 Å². The van der Waals surface area contributed by atoms with Crippen molar-refractivity contribution in [3.8, 4) is 17.2 Å². The highest BCUT2D eigenvalue weighted by Crippen LogP contribution is 2.28. The van der Waals surface area contributed by atoms with Crippen molar-refractivity contribution in [3.05, 3.63) is 59.4 Å². The predicted octanol–water partition coefficient (Wildman–Crippen LogP) is 1.84. The van der Waals surface area contributed by atoms with Crippen LogP contribution < -0.4 is 9.47 Å².